The first-order chi connectivity index (χ1) is 7.92. The van der Waals surface area contributed by atoms with Crippen molar-refractivity contribution in [3.05, 3.63) is 29.6 Å². The molecule has 0 amide bonds. The van der Waals surface area contributed by atoms with Crippen molar-refractivity contribution in [2.24, 2.45) is 0 Å². The highest BCUT2D eigenvalue weighted by molar-refractivity contribution is 7.93. The maximum atomic E-state index is 13.3. The molecular formula is C10H10FNO4S. The molecule has 1 fully saturated rings. The fourth-order valence-electron chi connectivity index (χ4n) is 1.44. The lowest BCUT2D eigenvalue weighted by atomic mass is 10.2. The monoisotopic (exact) mass is 259 g/mol. The zero-order chi connectivity index (χ0) is 12.6. The van der Waals surface area contributed by atoms with Gasteiger partial charge in [-0.3, -0.25) is 4.72 Å². The van der Waals surface area contributed by atoms with Crippen molar-refractivity contribution < 1.29 is 22.7 Å². The molecule has 17 heavy (non-hydrogen) atoms. The van der Waals surface area contributed by atoms with E-state index < -0.39 is 32.6 Å². The molecule has 1 aliphatic rings. The topological polar surface area (TPSA) is 83.5 Å². The summed E-state index contributed by atoms with van der Waals surface area (Å²) in [5.41, 5.74) is -0.888. The first-order valence-corrected chi connectivity index (χ1v) is 6.50. The van der Waals surface area contributed by atoms with E-state index in [2.05, 4.69) is 4.72 Å². The molecule has 1 aliphatic carbocycles. The largest absolute Gasteiger partial charge is 0.478 e. The van der Waals surface area contributed by atoms with Gasteiger partial charge in [0.15, 0.2) is 0 Å². The van der Waals surface area contributed by atoms with Crippen molar-refractivity contribution in [1.82, 2.24) is 0 Å². The predicted octanol–water partition coefficient (Wildman–Crippen LogP) is 1.43. The highest BCUT2D eigenvalue weighted by atomic mass is 32.2. The van der Waals surface area contributed by atoms with Gasteiger partial charge in [0.2, 0.25) is 10.0 Å². The van der Waals surface area contributed by atoms with Gasteiger partial charge in [0.25, 0.3) is 0 Å². The molecule has 0 radical (unpaired) electrons. The molecule has 1 aromatic carbocycles. The zero-order valence-electron chi connectivity index (χ0n) is 8.68. The van der Waals surface area contributed by atoms with Crippen LogP contribution in [0.3, 0.4) is 0 Å². The Balaban J connectivity index is 2.39. The minimum Gasteiger partial charge on any atom is -0.478 e. The Morgan fingerprint density at radius 2 is 2.06 bits per heavy atom. The van der Waals surface area contributed by atoms with Crippen LogP contribution >= 0.6 is 0 Å². The molecule has 2 rings (SSSR count). The van der Waals surface area contributed by atoms with Gasteiger partial charge in [0.05, 0.1) is 10.9 Å². The van der Waals surface area contributed by atoms with Crippen molar-refractivity contribution in [3.63, 3.8) is 0 Å². The third-order valence-electron chi connectivity index (χ3n) is 2.44. The van der Waals surface area contributed by atoms with Gasteiger partial charge < -0.3 is 5.11 Å². The zero-order valence-corrected chi connectivity index (χ0v) is 9.50. The minimum atomic E-state index is -3.59. The average Bonchev–Trinajstić information content (AvgIpc) is 2.98. The third-order valence-corrected chi connectivity index (χ3v) is 4.30. The lowest BCUT2D eigenvalue weighted by Gasteiger charge is -2.10. The quantitative estimate of drug-likeness (QED) is 0.856. The van der Waals surface area contributed by atoms with E-state index in [0.29, 0.717) is 12.8 Å². The summed E-state index contributed by atoms with van der Waals surface area (Å²) >= 11 is 0. The lowest BCUT2D eigenvalue weighted by molar-refractivity contribution is 0.0693. The Morgan fingerprint density at radius 3 is 2.59 bits per heavy atom. The van der Waals surface area contributed by atoms with Crippen LogP contribution in [-0.2, 0) is 10.0 Å². The number of carbonyl (C=O) groups is 1. The average molecular weight is 259 g/mol. The first-order valence-electron chi connectivity index (χ1n) is 4.95. The molecule has 0 unspecified atom stereocenters. The van der Waals surface area contributed by atoms with Crippen LogP contribution in [-0.4, -0.2) is 24.7 Å². The number of hydrogen-bond acceptors (Lipinski definition) is 3. The van der Waals surface area contributed by atoms with Crippen LogP contribution in [0.25, 0.3) is 0 Å². The molecule has 0 heterocycles. The summed E-state index contributed by atoms with van der Waals surface area (Å²) in [5, 5.41) is 8.33. The SMILES string of the molecule is O=C(O)c1c(F)cccc1NS(=O)(=O)C1CC1. The molecule has 2 N–H and O–H groups in total. The number of anilines is 1. The fraction of sp³-hybridized carbons (Fsp3) is 0.300. The summed E-state index contributed by atoms with van der Waals surface area (Å²) in [6.07, 6.45) is 1.10. The molecule has 1 saturated carbocycles. The number of halogens is 1. The highest BCUT2D eigenvalue weighted by Gasteiger charge is 2.36. The molecule has 0 spiro atoms. The molecule has 1 aromatic rings. The lowest BCUT2D eigenvalue weighted by Crippen LogP contribution is -2.19. The summed E-state index contributed by atoms with van der Waals surface area (Å²) in [7, 11) is -3.59. The van der Waals surface area contributed by atoms with E-state index >= 15 is 0 Å². The van der Waals surface area contributed by atoms with Gasteiger partial charge in [-0.05, 0) is 25.0 Å². The normalized spacial score (nSPS) is 15.6. The summed E-state index contributed by atoms with van der Waals surface area (Å²) in [6, 6.07) is 3.46. The number of carboxylic acids is 1. The smallest absolute Gasteiger partial charge is 0.340 e. The Kier molecular flexibility index (Phi) is 2.78. The summed E-state index contributed by atoms with van der Waals surface area (Å²) in [6.45, 7) is 0. The van der Waals surface area contributed by atoms with Crippen molar-refractivity contribution >= 4 is 21.7 Å². The molecule has 0 saturated heterocycles. The third kappa shape index (κ3) is 2.38. The Morgan fingerprint density at radius 1 is 1.41 bits per heavy atom. The fourth-order valence-corrected chi connectivity index (χ4v) is 2.84. The standard InChI is InChI=1S/C10H10FNO4S/c11-7-2-1-3-8(9(7)10(13)14)12-17(15,16)6-4-5-6/h1-3,6,12H,4-5H2,(H,13,14). The molecule has 92 valence electrons. The number of benzene rings is 1. The van der Waals surface area contributed by atoms with Crippen LogP contribution in [0.1, 0.15) is 23.2 Å². The van der Waals surface area contributed by atoms with E-state index in [0.717, 1.165) is 6.07 Å². The number of carboxylic acid groups (broad SMARTS) is 1. The number of rotatable bonds is 4. The molecular weight excluding hydrogens is 249 g/mol. The van der Waals surface area contributed by atoms with Crippen LogP contribution < -0.4 is 4.72 Å². The van der Waals surface area contributed by atoms with Gasteiger partial charge in [-0.25, -0.2) is 17.6 Å². The molecule has 5 nitrogen and oxygen atoms in total. The number of aromatic carboxylic acids is 1. The second kappa shape index (κ2) is 3.99. The van der Waals surface area contributed by atoms with Crippen molar-refractivity contribution in [1.29, 1.82) is 0 Å². The minimum absolute atomic E-state index is 0.232. The van der Waals surface area contributed by atoms with E-state index in [1.54, 1.807) is 0 Å². The van der Waals surface area contributed by atoms with E-state index in [1.165, 1.54) is 12.1 Å². The maximum absolute atomic E-state index is 13.3. The summed E-state index contributed by atoms with van der Waals surface area (Å²) < 4.78 is 38.6. The summed E-state index contributed by atoms with van der Waals surface area (Å²) in [4.78, 5) is 10.8. The number of sulfonamides is 1. The van der Waals surface area contributed by atoms with Gasteiger partial charge in [0.1, 0.15) is 11.4 Å². The van der Waals surface area contributed by atoms with Gasteiger partial charge in [-0.15, -0.1) is 0 Å². The second-order valence-corrected chi connectivity index (χ2v) is 5.77. The molecule has 7 heteroatoms. The molecule has 0 bridgehead atoms. The second-order valence-electron chi connectivity index (χ2n) is 3.81. The van der Waals surface area contributed by atoms with Crippen molar-refractivity contribution in [2.75, 3.05) is 4.72 Å². The van der Waals surface area contributed by atoms with Crippen molar-refractivity contribution in [3.8, 4) is 0 Å². The van der Waals surface area contributed by atoms with Crippen molar-refractivity contribution in [2.45, 2.75) is 18.1 Å². The molecule has 0 aliphatic heterocycles. The van der Waals surface area contributed by atoms with Crippen LogP contribution in [0.4, 0.5) is 10.1 Å². The Hall–Kier alpha value is -1.63. The van der Waals surface area contributed by atoms with Gasteiger partial charge in [-0.2, -0.15) is 0 Å². The van der Waals surface area contributed by atoms with E-state index in [4.69, 9.17) is 5.11 Å². The number of nitrogens with one attached hydrogen (secondary N) is 1. The van der Waals surface area contributed by atoms with Gasteiger partial charge in [-0.1, -0.05) is 6.07 Å². The highest BCUT2D eigenvalue weighted by Crippen LogP contribution is 2.31. The van der Waals surface area contributed by atoms with E-state index in [9.17, 15) is 17.6 Å². The van der Waals surface area contributed by atoms with Crippen LogP contribution in [0.15, 0.2) is 18.2 Å². The van der Waals surface area contributed by atoms with E-state index in [1.807, 2.05) is 0 Å². The van der Waals surface area contributed by atoms with Gasteiger partial charge in [0, 0.05) is 0 Å². The van der Waals surface area contributed by atoms with Crippen LogP contribution in [0.2, 0.25) is 0 Å². The van der Waals surface area contributed by atoms with E-state index in [-0.39, 0.29) is 5.69 Å². The molecule has 0 atom stereocenters. The first kappa shape index (κ1) is 11.8. The Bertz CT molecular complexity index is 566. The van der Waals surface area contributed by atoms with Gasteiger partial charge >= 0.3 is 5.97 Å². The Labute approximate surface area is 97.3 Å². The molecule has 0 aromatic heterocycles. The van der Waals surface area contributed by atoms with Crippen LogP contribution in [0.5, 0.6) is 0 Å². The maximum Gasteiger partial charge on any atom is 0.340 e. The number of hydrogen-bond donors (Lipinski definition) is 2. The summed E-state index contributed by atoms with van der Waals surface area (Å²) in [5.74, 6) is -2.47. The van der Waals surface area contributed by atoms with Crippen LogP contribution in [0, 0.1) is 5.82 Å². The predicted molar refractivity (Wildman–Crippen MR) is 58.9 cm³/mol.